The molecule has 0 aromatic heterocycles. The number of aryl methyl sites for hydroxylation is 1. The maximum atomic E-state index is 12.7. The van der Waals surface area contributed by atoms with Gasteiger partial charge in [0.05, 0.1) is 6.10 Å². The van der Waals surface area contributed by atoms with Crippen molar-refractivity contribution in [1.29, 1.82) is 0 Å². The summed E-state index contributed by atoms with van der Waals surface area (Å²) in [4.78, 5) is 35.6. The highest BCUT2D eigenvalue weighted by atomic mass is 16.6. The monoisotopic (exact) mass is 362 g/mol. The molecule has 0 fully saturated rings. The standard InChI is InChI=1S/C20H26O6/c1-13-9-7-5-4-6-8-10-16-11-17(25-14(2)21)12-18(26-15(3)22)19(16)20(23)24-13/h11-13H,4-10H2,1-3H3/t13-/m1/s1. The molecule has 0 aliphatic carbocycles. The molecular formula is C20H26O6. The van der Waals surface area contributed by atoms with Gasteiger partial charge in [0.15, 0.2) is 0 Å². The van der Waals surface area contributed by atoms with Gasteiger partial charge in [-0.25, -0.2) is 4.79 Å². The molecule has 142 valence electrons. The van der Waals surface area contributed by atoms with Gasteiger partial charge in [0.2, 0.25) is 0 Å². The van der Waals surface area contributed by atoms with Crippen molar-refractivity contribution in [1.82, 2.24) is 0 Å². The molecule has 0 radical (unpaired) electrons. The molecule has 1 aliphatic heterocycles. The average Bonchev–Trinajstić information content (AvgIpc) is 2.51. The van der Waals surface area contributed by atoms with Gasteiger partial charge in [-0.05, 0) is 44.2 Å². The Labute approximate surface area is 153 Å². The lowest BCUT2D eigenvalue weighted by Gasteiger charge is -2.19. The Bertz CT molecular complexity index is 679. The quantitative estimate of drug-likeness (QED) is 0.585. The van der Waals surface area contributed by atoms with E-state index in [1.807, 2.05) is 6.92 Å². The number of rotatable bonds is 2. The summed E-state index contributed by atoms with van der Waals surface area (Å²) in [5.74, 6) is -1.23. The molecule has 0 saturated carbocycles. The summed E-state index contributed by atoms with van der Waals surface area (Å²) >= 11 is 0. The van der Waals surface area contributed by atoms with E-state index in [0.717, 1.165) is 38.5 Å². The van der Waals surface area contributed by atoms with E-state index in [0.29, 0.717) is 12.0 Å². The number of benzene rings is 1. The van der Waals surface area contributed by atoms with Gasteiger partial charge in [0.25, 0.3) is 0 Å². The third kappa shape index (κ3) is 5.86. The molecule has 26 heavy (non-hydrogen) atoms. The Kier molecular flexibility index (Phi) is 7.18. The zero-order valence-corrected chi connectivity index (χ0v) is 15.6. The number of ether oxygens (including phenoxy) is 3. The molecule has 0 spiro atoms. The third-order valence-electron chi connectivity index (χ3n) is 4.24. The topological polar surface area (TPSA) is 78.9 Å². The van der Waals surface area contributed by atoms with Gasteiger partial charge >= 0.3 is 17.9 Å². The van der Waals surface area contributed by atoms with Crippen LogP contribution >= 0.6 is 0 Å². The number of carbonyl (C=O) groups excluding carboxylic acids is 3. The number of fused-ring (bicyclic) bond motifs is 1. The number of hydrogen-bond donors (Lipinski definition) is 0. The summed E-state index contributed by atoms with van der Waals surface area (Å²) in [6, 6.07) is 3.04. The molecule has 1 heterocycles. The highest BCUT2D eigenvalue weighted by Gasteiger charge is 2.24. The van der Waals surface area contributed by atoms with Gasteiger partial charge in [0.1, 0.15) is 17.1 Å². The molecule has 1 aromatic carbocycles. The predicted octanol–water partition coefficient (Wildman–Crippen LogP) is 3.98. The maximum Gasteiger partial charge on any atom is 0.342 e. The summed E-state index contributed by atoms with van der Waals surface area (Å²) in [5.41, 5.74) is 0.904. The van der Waals surface area contributed by atoms with Crippen LogP contribution in [-0.2, 0) is 20.7 Å². The summed E-state index contributed by atoms with van der Waals surface area (Å²) in [5, 5.41) is 0. The first-order chi connectivity index (χ1) is 12.4. The average molecular weight is 362 g/mol. The van der Waals surface area contributed by atoms with Crippen LogP contribution in [0.2, 0.25) is 0 Å². The van der Waals surface area contributed by atoms with Crippen LogP contribution in [0.4, 0.5) is 0 Å². The van der Waals surface area contributed by atoms with Crippen molar-refractivity contribution in [3.8, 4) is 11.5 Å². The van der Waals surface area contributed by atoms with Crippen molar-refractivity contribution in [3.05, 3.63) is 23.3 Å². The van der Waals surface area contributed by atoms with E-state index in [9.17, 15) is 14.4 Å². The number of cyclic esters (lactones) is 1. The number of hydrogen-bond acceptors (Lipinski definition) is 6. The molecule has 2 rings (SSSR count). The third-order valence-corrected chi connectivity index (χ3v) is 4.24. The zero-order valence-electron chi connectivity index (χ0n) is 15.6. The first-order valence-corrected chi connectivity index (χ1v) is 9.11. The Morgan fingerprint density at radius 1 is 1.00 bits per heavy atom. The fourth-order valence-electron chi connectivity index (χ4n) is 3.11. The van der Waals surface area contributed by atoms with Crippen molar-refractivity contribution in [2.75, 3.05) is 0 Å². The molecule has 1 aliphatic rings. The molecule has 0 amide bonds. The second kappa shape index (κ2) is 9.36. The van der Waals surface area contributed by atoms with Gasteiger partial charge in [-0.3, -0.25) is 9.59 Å². The van der Waals surface area contributed by atoms with E-state index in [-0.39, 0.29) is 23.2 Å². The summed E-state index contributed by atoms with van der Waals surface area (Å²) < 4.78 is 15.9. The smallest absolute Gasteiger partial charge is 0.342 e. The minimum absolute atomic E-state index is 0.0699. The minimum atomic E-state index is -0.556. The van der Waals surface area contributed by atoms with Gasteiger partial charge in [0, 0.05) is 19.9 Å². The first kappa shape index (κ1) is 19.9. The van der Waals surface area contributed by atoms with Crippen molar-refractivity contribution in [2.45, 2.75) is 71.8 Å². The second-order valence-corrected chi connectivity index (χ2v) is 6.67. The van der Waals surface area contributed by atoms with Crippen LogP contribution in [0.5, 0.6) is 11.5 Å². The molecule has 1 atom stereocenters. The number of carbonyl (C=O) groups is 3. The molecule has 0 unspecified atom stereocenters. The molecule has 0 bridgehead atoms. The summed E-state index contributed by atoms with van der Waals surface area (Å²) in [6.45, 7) is 4.41. The largest absolute Gasteiger partial charge is 0.459 e. The van der Waals surface area contributed by atoms with E-state index >= 15 is 0 Å². The lowest BCUT2D eigenvalue weighted by Crippen LogP contribution is -2.19. The summed E-state index contributed by atoms with van der Waals surface area (Å²) in [6.07, 6.45) is 6.38. The zero-order chi connectivity index (χ0) is 19.1. The van der Waals surface area contributed by atoms with Gasteiger partial charge < -0.3 is 14.2 Å². The lowest BCUT2D eigenvalue weighted by atomic mass is 9.98. The van der Waals surface area contributed by atoms with E-state index in [2.05, 4.69) is 0 Å². The van der Waals surface area contributed by atoms with E-state index in [1.54, 1.807) is 6.07 Å². The lowest BCUT2D eigenvalue weighted by molar-refractivity contribution is -0.132. The highest BCUT2D eigenvalue weighted by Crippen LogP contribution is 2.32. The van der Waals surface area contributed by atoms with Crippen LogP contribution in [0.25, 0.3) is 0 Å². The molecule has 1 aromatic rings. The Hall–Kier alpha value is -2.37. The van der Waals surface area contributed by atoms with Gasteiger partial charge in [-0.15, -0.1) is 0 Å². The van der Waals surface area contributed by atoms with E-state index in [4.69, 9.17) is 14.2 Å². The van der Waals surface area contributed by atoms with Crippen LogP contribution in [-0.4, -0.2) is 24.0 Å². The molecular weight excluding hydrogens is 336 g/mol. The first-order valence-electron chi connectivity index (χ1n) is 9.11. The van der Waals surface area contributed by atoms with Crippen molar-refractivity contribution < 1.29 is 28.6 Å². The molecule has 6 nitrogen and oxygen atoms in total. The molecule has 6 heteroatoms. The fraction of sp³-hybridized carbons (Fsp3) is 0.550. The van der Waals surface area contributed by atoms with Crippen LogP contribution in [0.1, 0.15) is 75.2 Å². The Balaban J connectivity index is 2.48. The minimum Gasteiger partial charge on any atom is -0.459 e. The SMILES string of the molecule is CC(=O)Oc1cc2c(c(OC(C)=O)c1)C(=O)O[C@H](C)CCCCCCC2. The van der Waals surface area contributed by atoms with Crippen LogP contribution in [0, 0.1) is 0 Å². The van der Waals surface area contributed by atoms with Gasteiger partial charge in [-0.1, -0.05) is 19.3 Å². The van der Waals surface area contributed by atoms with Gasteiger partial charge in [-0.2, -0.15) is 0 Å². The fourth-order valence-corrected chi connectivity index (χ4v) is 3.11. The van der Waals surface area contributed by atoms with E-state index in [1.165, 1.54) is 19.9 Å². The Morgan fingerprint density at radius 3 is 2.35 bits per heavy atom. The second-order valence-electron chi connectivity index (χ2n) is 6.67. The molecule has 0 saturated heterocycles. The predicted molar refractivity (Wildman–Crippen MR) is 95.3 cm³/mol. The normalized spacial score (nSPS) is 18.6. The number of esters is 3. The van der Waals surface area contributed by atoms with Crippen molar-refractivity contribution >= 4 is 17.9 Å². The highest BCUT2D eigenvalue weighted by molar-refractivity contribution is 5.95. The van der Waals surface area contributed by atoms with Crippen LogP contribution < -0.4 is 9.47 Å². The van der Waals surface area contributed by atoms with E-state index < -0.39 is 17.9 Å². The van der Waals surface area contributed by atoms with Crippen molar-refractivity contribution in [3.63, 3.8) is 0 Å². The Morgan fingerprint density at radius 2 is 1.65 bits per heavy atom. The van der Waals surface area contributed by atoms with Crippen LogP contribution in [0.15, 0.2) is 12.1 Å². The molecule has 0 N–H and O–H groups in total. The summed E-state index contributed by atoms with van der Waals surface area (Å²) in [7, 11) is 0. The van der Waals surface area contributed by atoms with Crippen molar-refractivity contribution in [2.24, 2.45) is 0 Å². The van der Waals surface area contributed by atoms with Crippen LogP contribution in [0.3, 0.4) is 0 Å². The maximum absolute atomic E-state index is 12.7.